The van der Waals surface area contributed by atoms with Crippen molar-refractivity contribution in [2.75, 3.05) is 31.2 Å². The van der Waals surface area contributed by atoms with Gasteiger partial charge in [-0.2, -0.15) is 0 Å². The van der Waals surface area contributed by atoms with Crippen LogP contribution in [0.2, 0.25) is 0 Å². The number of anilines is 1. The number of rotatable bonds is 9. The van der Waals surface area contributed by atoms with E-state index in [1.165, 1.54) is 12.1 Å². The second-order valence-corrected chi connectivity index (χ2v) is 5.59. The first kappa shape index (κ1) is 19.4. The van der Waals surface area contributed by atoms with Crippen LogP contribution >= 0.6 is 0 Å². The van der Waals surface area contributed by atoms with Crippen molar-refractivity contribution in [3.8, 4) is 0 Å². The molecule has 2 aromatic carbocycles. The summed E-state index contributed by atoms with van der Waals surface area (Å²) >= 11 is 0. The van der Waals surface area contributed by atoms with Gasteiger partial charge < -0.3 is 15.1 Å². The van der Waals surface area contributed by atoms with Gasteiger partial charge in [0.25, 0.3) is 5.69 Å². The maximum Gasteiger partial charge on any atom is 0.269 e. The number of non-ortho nitro benzene ring substituents is 1. The van der Waals surface area contributed by atoms with Crippen molar-refractivity contribution in [2.45, 2.75) is 0 Å². The van der Waals surface area contributed by atoms with Crippen LogP contribution in [0.1, 0.15) is 11.1 Å². The summed E-state index contributed by atoms with van der Waals surface area (Å²) in [5.41, 5.74) is 2.94. The fourth-order valence-corrected chi connectivity index (χ4v) is 2.45. The molecule has 0 amide bonds. The molecular weight excluding hydrogens is 332 g/mol. The molecule has 0 bridgehead atoms. The standard InChI is InChI=1S/C20H22N2O4/c23-15-13-21(14-16-24)19-9-5-17(6-10-19)3-1-2-4-18-7-11-20(12-8-18)22(25)26/h1-12,23-24H,13-16H2/b3-1+,4-2+. The molecule has 0 unspecified atom stereocenters. The predicted octanol–water partition coefficient (Wildman–Crippen LogP) is 3.11. The SMILES string of the molecule is O=[N+]([O-])c1ccc(/C=C/C=C/c2ccc(N(CCO)CCO)cc2)cc1. The van der Waals surface area contributed by atoms with Crippen LogP contribution in [0.3, 0.4) is 0 Å². The number of aliphatic hydroxyl groups excluding tert-OH is 2. The Kier molecular flexibility index (Phi) is 7.54. The second-order valence-electron chi connectivity index (χ2n) is 5.59. The number of allylic oxidation sites excluding steroid dienone is 2. The summed E-state index contributed by atoms with van der Waals surface area (Å²) in [5, 5.41) is 28.8. The first-order valence-electron chi connectivity index (χ1n) is 8.30. The molecule has 2 rings (SSSR count). The van der Waals surface area contributed by atoms with Gasteiger partial charge in [0.15, 0.2) is 0 Å². The fourth-order valence-electron chi connectivity index (χ4n) is 2.45. The zero-order valence-corrected chi connectivity index (χ0v) is 14.4. The van der Waals surface area contributed by atoms with Gasteiger partial charge in [-0.3, -0.25) is 10.1 Å². The van der Waals surface area contributed by atoms with Crippen molar-refractivity contribution in [2.24, 2.45) is 0 Å². The highest BCUT2D eigenvalue weighted by atomic mass is 16.6. The number of nitro groups is 1. The van der Waals surface area contributed by atoms with Crippen LogP contribution in [0, 0.1) is 10.1 Å². The van der Waals surface area contributed by atoms with Crippen molar-refractivity contribution in [1.29, 1.82) is 0 Å². The van der Waals surface area contributed by atoms with E-state index in [4.69, 9.17) is 10.2 Å². The molecule has 0 heterocycles. The number of nitrogens with zero attached hydrogens (tertiary/aromatic N) is 2. The van der Waals surface area contributed by atoms with Crippen molar-refractivity contribution in [1.82, 2.24) is 0 Å². The highest BCUT2D eigenvalue weighted by Crippen LogP contribution is 2.16. The predicted molar refractivity (Wildman–Crippen MR) is 104 cm³/mol. The van der Waals surface area contributed by atoms with E-state index < -0.39 is 4.92 Å². The Bertz CT molecular complexity index is 746. The first-order chi connectivity index (χ1) is 12.6. The van der Waals surface area contributed by atoms with Gasteiger partial charge in [0.1, 0.15) is 0 Å². The number of benzene rings is 2. The lowest BCUT2D eigenvalue weighted by molar-refractivity contribution is -0.384. The largest absolute Gasteiger partial charge is 0.395 e. The molecule has 0 fully saturated rings. The van der Waals surface area contributed by atoms with Crippen LogP contribution in [0.15, 0.2) is 60.7 Å². The molecule has 0 aliphatic rings. The van der Waals surface area contributed by atoms with Gasteiger partial charge in [0.05, 0.1) is 18.1 Å². The molecule has 0 radical (unpaired) electrons. The zero-order chi connectivity index (χ0) is 18.8. The Morgan fingerprint density at radius 2 is 1.31 bits per heavy atom. The average Bonchev–Trinajstić information content (AvgIpc) is 2.66. The number of nitro benzene ring substituents is 1. The minimum Gasteiger partial charge on any atom is -0.395 e. The Labute approximate surface area is 152 Å². The van der Waals surface area contributed by atoms with Crippen molar-refractivity contribution in [3.05, 3.63) is 81.9 Å². The second kappa shape index (κ2) is 10.1. The van der Waals surface area contributed by atoms with Crippen LogP contribution in [0.4, 0.5) is 11.4 Å². The minimum absolute atomic E-state index is 0.0368. The van der Waals surface area contributed by atoms with Crippen molar-refractivity contribution < 1.29 is 15.1 Å². The maximum atomic E-state index is 10.6. The van der Waals surface area contributed by atoms with E-state index in [1.807, 2.05) is 53.5 Å². The van der Waals surface area contributed by atoms with Crippen LogP contribution < -0.4 is 4.90 Å². The Morgan fingerprint density at radius 1 is 0.846 bits per heavy atom. The molecular formula is C20H22N2O4. The summed E-state index contributed by atoms with van der Waals surface area (Å²) in [6.07, 6.45) is 7.60. The summed E-state index contributed by atoms with van der Waals surface area (Å²) < 4.78 is 0. The molecule has 26 heavy (non-hydrogen) atoms. The normalized spacial score (nSPS) is 11.3. The molecule has 0 spiro atoms. The lowest BCUT2D eigenvalue weighted by Crippen LogP contribution is -2.29. The van der Waals surface area contributed by atoms with Crippen molar-refractivity contribution in [3.63, 3.8) is 0 Å². The molecule has 2 aromatic rings. The molecule has 0 aliphatic carbocycles. The smallest absolute Gasteiger partial charge is 0.269 e. The molecule has 6 nitrogen and oxygen atoms in total. The van der Waals surface area contributed by atoms with E-state index in [0.717, 1.165) is 16.8 Å². The topological polar surface area (TPSA) is 86.8 Å². The molecule has 136 valence electrons. The molecule has 0 aromatic heterocycles. The third kappa shape index (κ3) is 5.84. The van der Waals surface area contributed by atoms with Gasteiger partial charge in [-0.15, -0.1) is 0 Å². The average molecular weight is 354 g/mol. The summed E-state index contributed by atoms with van der Waals surface area (Å²) in [6, 6.07) is 14.2. The van der Waals surface area contributed by atoms with Gasteiger partial charge in [0.2, 0.25) is 0 Å². The summed E-state index contributed by atoms with van der Waals surface area (Å²) in [5.74, 6) is 0. The maximum absolute atomic E-state index is 10.6. The van der Waals surface area contributed by atoms with Gasteiger partial charge >= 0.3 is 0 Å². The number of hydrogen-bond acceptors (Lipinski definition) is 5. The van der Waals surface area contributed by atoms with E-state index in [2.05, 4.69) is 0 Å². The van der Waals surface area contributed by atoms with Gasteiger partial charge in [-0.1, -0.05) is 36.4 Å². The Hall–Kier alpha value is -2.96. The molecule has 0 saturated carbocycles. The minimum atomic E-state index is -0.417. The lowest BCUT2D eigenvalue weighted by Gasteiger charge is -2.22. The summed E-state index contributed by atoms with van der Waals surface area (Å²) in [4.78, 5) is 12.1. The summed E-state index contributed by atoms with van der Waals surface area (Å²) in [7, 11) is 0. The summed E-state index contributed by atoms with van der Waals surface area (Å²) in [6.45, 7) is 1.03. The molecule has 0 atom stereocenters. The Balaban J connectivity index is 1.96. The third-order valence-corrected chi connectivity index (χ3v) is 3.79. The van der Waals surface area contributed by atoms with Crippen LogP contribution in [0.5, 0.6) is 0 Å². The molecule has 6 heteroatoms. The van der Waals surface area contributed by atoms with E-state index >= 15 is 0 Å². The lowest BCUT2D eigenvalue weighted by atomic mass is 10.1. The van der Waals surface area contributed by atoms with E-state index in [-0.39, 0.29) is 18.9 Å². The van der Waals surface area contributed by atoms with E-state index in [9.17, 15) is 10.1 Å². The highest BCUT2D eigenvalue weighted by Gasteiger charge is 2.04. The van der Waals surface area contributed by atoms with E-state index in [1.54, 1.807) is 12.1 Å². The number of hydrogen-bond donors (Lipinski definition) is 2. The van der Waals surface area contributed by atoms with Crippen LogP contribution in [-0.4, -0.2) is 41.4 Å². The van der Waals surface area contributed by atoms with Gasteiger partial charge in [-0.05, 0) is 35.4 Å². The highest BCUT2D eigenvalue weighted by molar-refractivity contribution is 5.60. The van der Waals surface area contributed by atoms with Gasteiger partial charge in [-0.25, -0.2) is 0 Å². The molecule has 0 saturated heterocycles. The van der Waals surface area contributed by atoms with Crippen LogP contribution in [0.25, 0.3) is 12.2 Å². The molecule has 0 aliphatic heterocycles. The molecule has 2 N–H and O–H groups in total. The zero-order valence-electron chi connectivity index (χ0n) is 14.4. The van der Waals surface area contributed by atoms with Crippen LogP contribution in [-0.2, 0) is 0 Å². The quantitative estimate of drug-likeness (QED) is 0.410. The monoisotopic (exact) mass is 354 g/mol. The van der Waals surface area contributed by atoms with E-state index in [0.29, 0.717) is 13.1 Å². The first-order valence-corrected chi connectivity index (χ1v) is 8.30. The third-order valence-electron chi connectivity index (χ3n) is 3.79. The fraction of sp³-hybridized carbons (Fsp3) is 0.200. The Morgan fingerprint density at radius 3 is 1.73 bits per heavy atom. The number of aliphatic hydroxyl groups is 2. The van der Waals surface area contributed by atoms with Crippen molar-refractivity contribution >= 4 is 23.5 Å². The van der Waals surface area contributed by atoms with Gasteiger partial charge in [0, 0.05) is 30.9 Å².